The molecular weight excluding hydrogens is 411 g/mol. The fraction of sp³-hybridized carbons (Fsp3) is 0.167. The quantitative estimate of drug-likeness (QED) is 0.538. The third kappa shape index (κ3) is 7.50. The minimum absolute atomic E-state index is 0.0826. The van der Waals surface area contributed by atoms with Crippen LogP contribution in [-0.2, 0) is 14.4 Å². The van der Waals surface area contributed by atoms with Crippen LogP contribution in [0.1, 0.15) is 12.8 Å². The van der Waals surface area contributed by atoms with Gasteiger partial charge in [0.25, 0.3) is 0 Å². The molecule has 0 saturated carbocycles. The normalized spacial score (nSPS) is 10.3. The molecule has 2 aromatic carbocycles. The molecule has 3 N–H and O–H groups in total. The summed E-state index contributed by atoms with van der Waals surface area (Å²) in [4.78, 5) is 34.9. The Labute approximate surface area is 170 Å². The highest BCUT2D eigenvalue weighted by atomic mass is 35.5. The van der Waals surface area contributed by atoms with Gasteiger partial charge in [0.1, 0.15) is 0 Å². The number of carboxylic acids is 1. The maximum absolute atomic E-state index is 12.0. The van der Waals surface area contributed by atoms with E-state index in [1.165, 1.54) is 11.8 Å². The van der Waals surface area contributed by atoms with Gasteiger partial charge in [-0.1, -0.05) is 23.2 Å². The highest BCUT2D eigenvalue weighted by Crippen LogP contribution is 2.25. The van der Waals surface area contributed by atoms with Crippen LogP contribution >= 0.6 is 35.0 Å². The average molecular weight is 427 g/mol. The molecule has 27 heavy (non-hydrogen) atoms. The number of amides is 2. The second-order valence-corrected chi connectivity index (χ2v) is 7.30. The lowest BCUT2D eigenvalue weighted by Gasteiger charge is -2.07. The summed E-state index contributed by atoms with van der Waals surface area (Å²) in [6.45, 7) is 0. The Balaban J connectivity index is 1.80. The Kier molecular flexibility index (Phi) is 7.97. The van der Waals surface area contributed by atoms with E-state index in [0.29, 0.717) is 21.4 Å². The molecule has 0 spiro atoms. The molecule has 9 heteroatoms. The summed E-state index contributed by atoms with van der Waals surface area (Å²) in [6, 6.07) is 11.8. The Bertz CT molecular complexity index is 844. The maximum atomic E-state index is 12.0. The van der Waals surface area contributed by atoms with E-state index in [1.54, 1.807) is 42.5 Å². The SMILES string of the molecule is O=C(O)CCC(=O)Nc1ccc(SCC(=O)Nc2ccc(Cl)c(Cl)c2)cc1. The molecule has 0 aliphatic rings. The first-order valence-electron chi connectivity index (χ1n) is 7.83. The van der Waals surface area contributed by atoms with Crippen LogP contribution in [0.15, 0.2) is 47.4 Å². The van der Waals surface area contributed by atoms with Gasteiger partial charge in [0, 0.05) is 22.7 Å². The predicted octanol–water partition coefficient (Wildman–Crippen LogP) is 4.53. The summed E-state index contributed by atoms with van der Waals surface area (Å²) in [5.74, 6) is -1.37. The van der Waals surface area contributed by atoms with Gasteiger partial charge in [-0.3, -0.25) is 14.4 Å². The van der Waals surface area contributed by atoms with E-state index >= 15 is 0 Å². The highest BCUT2D eigenvalue weighted by molar-refractivity contribution is 8.00. The molecule has 0 atom stereocenters. The van der Waals surface area contributed by atoms with Gasteiger partial charge < -0.3 is 15.7 Å². The van der Waals surface area contributed by atoms with E-state index in [4.69, 9.17) is 28.3 Å². The molecule has 0 bridgehead atoms. The monoisotopic (exact) mass is 426 g/mol. The Morgan fingerprint density at radius 2 is 1.48 bits per heavy atom. The number of benzene rings is 2. The molecule has 0 radical (unpaired) electrons. The number of halogens is 2. The summed E-state index contributed by atoms with van der Waals surface area (Å²) in [5, 5.41) is 14.7. The van der Waals surface area contributed by atoms with Gasteiger partial charge in [-0.15, -0.1) is 11.8 Å². The van der Waals surface area contributed by atoms with Crippen molar-refractivity contribution in [2.45, 2.75) is 17.7 Å². The largest absolute Gasteiger partial charge is 0.481 e. The minimum Gasteiger partial charge on any atom is -0.481 e. The number of rotatable bonds is 8. The van der Waals surface area contributed by atoms with Crippen molar-refractivity contribution in [1.82, 2.24) is 0 Å². The lowest BCUT2D eigenvalue weighted by Crippen LogP contribution is -2.14. The van der Waals surface area contributed by atoms with Crippen molar-refractivity contribution in [3.63, 3.8) is 0 Å². The van der Waals surface area contributed by atoms with E-state index < -0.39 is 5.97 Å². The van der Waals surface area contributed by atoms with E-state index in [2.05, 4.69) is 10.6 Å². The van der Waals surface area contributed by atoms with Crippen molar-refractivity contribution >= 4 is 64.1 Å². The van der Waals surface area contributed by atoms with Gasteiger partial charge in [0.15, 0.2) is 0 Å². The van der Waals surface area contributed by atoms with E-state index in [1.807, 2.05) is 0 Å². The van der Waals surface area contributed by atoms with Crippen LogP contribution in [-0.4, -0.2) is 28.6 Å². The Morgan fingerprint density at radius 1 is 0.852 bits per heavy atom. The number of carbonyl (C=O) groups excluding carboxylic acids is 2. The van der Waals surface area contributed by atoms with Crippen molar-refractivity contribution < 1.29 is 19.5 Å². The second kappa shape index (κ2) is 10.2. The minimum atomic E-state index is -1.02. The van der Waals surface area contributed by atoms with Crippen LogP contribution in [0.25, 0.3) is 0 Å². The molecule has 0 fully saturated rings. The number of hydrogen-bond acceptors (Lipinski definition) is 4. The van der Waals surface area contributed by atoms with Gasteiger partial charge in [-0.25, -0.2) is 0 Å². The number of carbonyl (C=O) groups is 3. The number of hydrogen-bond donors (Lipinski definition) is 3. The summed E-state index contributed by atoms with van der Waals surface area (Å²) in [6.07, 6.45) is -0.297. The number of nitrogens with one attached hydrogen (secondary N) is 2. The zero-order valence-corrected chi connectivity index (χ0v) is 16.3. The van der Waals surface area contributed by atoms with Gasteiger partial charge in [0.2, 0.25) is 11.8 Å². The highest BCUT2D eigenvalue weighted by Gasteiger charge is 2.08. The first-order valence-corrected chi connectivity index (χ1v) is 9.57. The van der Waals surface area contributed by atoms with Crippen molar-refractivity contribution in [3.8, 4) is 0 Å². The molecule has 0 aliphatic carbocycles. The molecule has 0 heterocycles. The van der Waals surface area contributed by atoms with Crippen LogP contribution in [0.2, 0.25) is 10.0 Å². The van der Waals surface area contributed by atoms with Gasteiger partial charge in [0.05, 0.1) is 22.2 Å². The first-order chi connectivity index (χ1) is 12.8. The van der Waals surface area contributed by atoms with Crippen LogP contribution < -0.4 is 10.6 Å². The Hall–Kier alpha value is -2.22. The van der Waals surface area contributed by atoms with Gasteiger partial charge in [-0.2, -0.15) is 0 Å². The maximum Gasteiger partial charge on any atom is 0.303 e. The first kappa shape index (κ1) is 21.1. The topological polar surface area (TPSA) is 95.5 Å². The molecule has 142 valence electrons. The lowest BCUT2D eigenvalue weighted by atomic mass is 10.2. The number of anilines is 2. The summed E-state index contributed by atoms with van der Waals surface area (Å²) in [7, 11) is 0. The summed E-state index contributed by atoms with van der Waals surface area (Å²) in [5.41, 5.74) is 1.13. The smallest absolute Gasteiger partial charge is 0.303 e. The zero-order chi connectivity index (χ0) is 19.8. The molecule has 2 rings (SSSR count). The number of thioether (sulfide) groups is 1. The van der Waals surface area contributed by atoms with Crippen molar-refractivity contribution in [1.29, 1.82) is 0 Å². The summed E-state index contributed by atoms with van der Waals surface area (Å²) < 4.78 is 0. The fourth-order valence-electron chi connectivity index (χ4n) is 2.00. The molecule has 0 saturated heterocycles. The molecular formula is C18H16Cl2N2O4S. The molecule has 6 nitrogen and oxygen atoms in total. The summed E-state index contributed by atoms with van der Waals surface area (Å²) >= 11 is 13.1. The van der Waals surface area contributed by atoms with E-state index in [-0.39, 0.29) is 30.4 Å². The van der Waals surface area contributed by atoms with Crippen molar-refractivity contribution in [2.24, 2.45) is 0 Å². The van der Waals surface area contributed by atoms with Crippen LogP contribution in [0.3, 0.4) is 0 Å². The third-order valence-corrected chi connectivity index (χ3v) is 5.03. The molecule has 2 aromatic rings. The number of aliphatic carboxylic acids is 1. The molecule has 0 aromatic heterocycles. The standard InChI is InChI=1S/C18H16Cl2N2O4S/c19-14-6-3-12(9-15(14)20)22-17(24)10-27-13-4-1-11(2-5-13)21-16(23)7-8-18(25)26/h1-6,9H,7-8,10H2,(H,21,23)(H,22,24)(H,25,26). The predicted molar refractivity (Wildman–Crippen MR) is 108 cm³/mol. The zero-order valence-electron chi connectivity index (χ0n) is 14.0. The molecule has 0 unspecified atom stereocenters. The van der Waals surface area contributed by atoms with Crippen molar-refractivity contribution in [2.75, 3.05) is 16.4 Å². The third-order valence-electron chi connectivity index (χ3n) is 3.28. The molecule has 0 aliphatic heterocycles. The van der Waals surface area contributed by atoms with E-state index in [9.17, 15) is 14.4 Å². The van der Waals surface area contributed by atoms with Crippen LogP contribution in [0, 0.1) is 0 Å². The van der Waals surface area contributed by atoms with Gasteiger partial charge >= 0.3 is 5.97 Å². The second-order valence-electron chi connectivity index (χ2n) is 5.43. The van der Waals surface area contributed by atoms with E-state index in [0.717, 1.165) is 4.90 Å². The van der Waals surface area contributed by atoms with Crippen molar-refractivity contribution in [3.05, 3.63) is 52.5 Å². The van der Waals surface area contributed by atoms with Crippen LogP contribution in [0.4, 0.5) is 11.4 Å². The number of carboxylic acid groups (broad SMARTS) is 1. The van der Waals surface area contributed by atoms with Gasteiger partial charge in [-0.05, 0) is 42.5 Å². The fourth-order valence-corrected chi connectivity index (χ4v) is 2.99. The Morgan fingerprint density at radius 3 is 2.11 bits per heavy atom. The van der Waals surface area contributed by atoms with Crippen LogP contribution in [0.5, 0.6) is 0 Å². The molecule has 2 amide bonds. The average Bonchev–Trinajstić information content (AvgIpc) is 2.62. The lowest BCUT2D eigenvalue weighted by molar-refractivity contribution is -0.138.